The van der Waals surface area contributed by atoms with Gasteiger partial charge in [0.1, 0.15) is 24.7 Å². The number of nitrogen functional groups attached to an aromatic ring is 1. The van der Waals surface area contributed by atoms with Crippen molar-refractivity contribution in [2.75, 3.05) is 11.1 Å². The van der Waals surface area contributed by atoms with Gasteiger partial charge in [0.25, 0.3) is 5.91 Å². The van der Waals surface area contributed by atoms with Crippen LogP contribution in [0.3, 0.4) is 0 Å². The van der Waals surface area contributed by atoms with Gasteiger partial charge in [0.2, 0.25) is 0 Å². The predicted molar refractivity (Wildman–Crippen MR) is 93.9 cm³/mol. The summed E-state index contributed by atoms with van der Waals surface area (Å²) in [6.07, 6.45) is 1.28. The molecule has 0 bridgehead atoms. The SMILES string of the molecule is C[Si](C)(C)C#Cc1cccc(NC(=O)c2nc(Cl)cnc2N)n1. The first-order valence-electron chi connectivity index (χ1n) is 6.84. The highest BCUT2D eigenvalue weighted by Gasteiger charge is 2.14. The van der Waals surface area contributed by atoms with Gasteiger partial charge in [-0.05, 0) is 12.1 Å². The van der Waals surface area contributed by atoms with Crippen molar-refractivity contribution < 1.29 is 4.79 Å². The lowest BCUT2D eigenvalue weighted by atomic mass is 10.3. The molecule has 0 atom stereocenters. The van der Waals surface area contributed by atoms with Crippen LogP contribution in [0.2, 0.25) is 24.8 Å². The molecule has 2 aromatic rings. The Balaban J connectivity index is 2.21. The molecule has 2 rings (SSSR count). The summed E-state index contributed by atoms with van der Waals surface area (Å²) < 4.78 is 0. The first-order chi connectivity index (χ1) is 10.7. The van der Waals surface area contributed by atoms with Gasteiger partial charge < -0.3 is 11.1 Å². The van der Waals surface area contributed by atoms with Crippen LogP contribution in [0.1, 0.15) is 16.2 Å². The number of pyridine rings is 1. The molecule has 0 spiro atoms. The molecule has 0 aliphatic heterocycles. The first-order valence-corrected chi connectivity index (χ1v) is 10.7. The van der Waals surface area contributed by atoms with Crippen LogP contribution in [-0.2, 0) is 0 Å². The van der Waals surface area contributed by atoms with Crippen molar-refractivity contribution in [1.82, 2.24) is 15.0 Å². The Morgan fingerprint density at radius 3 is 2.74 bits per heavy atom. The standard InChI is InChI=1S/C15H16ClN5OSi/c1-23(2,3)8-7-10-5-4-6-12(19-10)21-15(22)13-14(17)18-9-11(16)20-13/h4-6,9H,1-3H3,(H2,17,18)(H,19,21,22). The summed E-state index contributed by atoms with van der Waals surface area (Å²) in [6, 6.07) is 5.21. The third-order valence-electron chi connectivity index (χ3n) is 2.54. The van der Waals surface area contributed by atoms with E-state index < -0.39 is 14.0 Å². The number of carbonyl (C=O) groups excluding carboxylic acids is 1. The molecule has 6 nitrogen and oxygen atoms in total. The molecule has 118 valence electrons. The van der Waals surface area contributed by atoms with Gasteiger partial charge in [0.05, 0.1) is 6.20 Å². The fourth-order valence-electron chi connectivity index (χ4n) is 1.54. The lowest BCUT2D eigenvalue weighted by Gasteiger charge is -2.06. The largest absolute Gasteiger partial charge is 0.382 e. The van der Waals surface area contributed by atoms with E-state index in [0.717, 1.165) is 0 Å². The van der Waals surface area contributed by atoms with Crippen LogP contribution in [0.4, 0.5) is 11.6 Å². The lowest BCUT2D eigenvalue weighted by Crippen LogP contribution is -2.18. The summed E-state index contributed by atoms with van der Waals surface area (Å²) in [5, 5.41) is 2.71. The maximum Gasteiger partial charge on any atom is 0.279 e. The second-order valence-corrected chi connectivity index (χ2v) is 10.9. The Morgan fingerprint density at radius 1 is 1.30 bits per heavy atom. The second kappa shape index (κ2) is 6.77. The topological polar surface area (TPSA) is 93.8 Å². The molecule has 0 aromatic carbocycles. The highest BCUT2D eigenvalue weighted by atomic mass is 35.5. The highest BCUT2D eigenvalue weighted by molar-refractivity contribution is 6.83. The molecule has 2 heterocycles. The second-order valence-electron chi connectivity index (χ2n) is 5.79. The fourth-order valence-corrected chi connectivity index (χ4v) is 2.18. The minimum atomic E-state index is -1.49. The molecular weight excluding hydrogens is 330 g/mol. The minimum Gasteiger partial charge on any atom is -0.382 e. The zero-order valence-electron chi connectivity index (χ0n) is 13.0. The molecule has 0 saturated carbocycles. The summed E-state index contributed by atoms with van der Waals surface area (Å²) >= 11 is 5.73. The van der Waals surface area contributed by atoms with Crippen LogP contribution >= 0.6 is 11.6 Å². The van der Waals surface area contributed by atoms with Gasteiger partial charge in [-0.2, -0.15) is 0 Å². The quantitative estimate of drug-likeness (QED) is 0.644. The predicted octanol–water partition coefficient (Wildman–Crippen LogP) is 2.59. The normalized spacial score (nSPS) is 10.6. The number of nitrogens with two attached hydrogens (primary N) is 1. The average Bonchev–Trinajstić information content (AvgIpc) is 2.47. The molecule has 0 aliphatic carbocycles. The third-order valence-corrected chi connectivity index (χ3v) is 3.60. The zero-order valence-corrected chi connectivity index (χ0v) is 14.8. The summed E-state index contributed by atoms with van der Waals surface area (Å²) in [4.78, 5) is 24.2. The minimum absolute atomic E-state index is 0.00146. The van der Waals surface area contributed by atoms with Crippen molar-refractivity contribution in [1.29, 1.82) is 0 Å². The number of hydrogen-bond acceptors (Lipinski definition) is 5. The molecule has 1 amide bonds. The number of anilines is 2. The molecule has 0 aliphatic rings. The number of amides is 1. The van der Waals surface area contributed by atoms with Gasteiger partial charge >= 0.3 is 0 Å². The van der Waals surface area contributed by atoms with Crippen LogP contribution in [0.15, 0.2) is 24.4 Å². The van der Waals surface area contributed by atoms with Gasteiger partial charge in [-0.1, -0.05) is 43.2 Å². The number of rotatable bonds is 2. The van der Waals surface area contributed by atoms with Crippen molar-refractivity contribution >= 4 is 37.2 Å². The Bertz CT molecular complexity index is 807. The van der Waals surface area contributed by atoms with E-state index in [2.05, 4.69) is 51.4 Å². The first kappa shape index (κ1) is 16.9. The van der Waals surface area contributed by atoms with E-state index in [1.54, 1.807) is 18.2 Å². The monoisotopic (exact) mass is 345 g/mol. The Hall–Kier alpha value is -2.43. The van der Waals surface area contributed by atoms with Gasteiger partial charge in [-0.3, -0.25) is 4.79 Å². The average molecular weight is 346 g/mol. The molecule has 0 fully saturated rings. The number of carbonyl (C=O) groups is 1. The summed E-state index contributed by atoms with van der Waals surface area (Å²) in [5.41, 5.74) is 9.41. The van der Waals surface area contributed by atoms with E-state index in [1.807, 2.05) is 0 Å². The number of halogens is 1. The van der Waals surface area contributed by atoms with Gasteiger partial charge in [-0.15, -0.1) is 5.54 Å². The molecular formula is C15H16ClN5OSi. The van der Waals surface area contributed by atoms with Crippen LogP contribution in [0.5, 0.6) is 0 Å². The molecule has 8 heteroatoms. The smallest absolute Gasteiger partial charge is 0.279 e. The number of nitrogens with zero attached hydrogens (tertiary/aromatic N) is 3. The zero-order chi connectivity index (χ0) is 17.0. The summed E-state index contributed by atoms with van der Waals surface area (Å²) in [7, 11) is -1.49. The van der Waals surface area contributed by atoms with E-state index >= 15 is 0 Å². The maximum atomic E-state index is 12.2. The van der Waals surface area contributed by atoms with E-state index in [-0.39, 0.29) is 16.7 Å². The van der Waals surface area contributed by atoms with Gasteiger partial charge in [0.15, 0.2) is 11.5 Å². The Kier molecular flexibility index (Phi) is 4.98. The highest BCUT2D eigenvalue weighted by Crippen LogP contribution is 2.12. The third kappa shape index (κ3) is 5.05. The van der Waals surface area contributed by atoms with Crippen LogP contribution in [-0.4, -0.2) is 28.9 Å². The van der Waals surface area contributed by atoms with E-state index in [0.29, 0.717) is 11.5 Å². The lowest BCUT2D eigenvalue weighted by molar-refractivity contribution is 0.102. The molecule has 0 saturated heterocycles. The van der Waals surface area contributed by atoms with Gasteiger partial charge in [0, 0.05) is 0 Å². The van der Waals surface area contributed by atoms with E-state index in [4.69, 9.17) is 17.3 Å². The van der Waals surface area contributed by atoms with E-state index in [9.17, 15) is 4.79 Å². The van der Waals surface area contributed by atoms with Crippen molar-refractivity contribution in [3.05, 3.63) is 40.9 Å². The summed E-state index contributed by atoms with van der Waals surface area (Å²) in [5.74, 6) is 2.87. The van der Waals surface area contributed by atoms with Crippen molar-refractivity contribution in [2.24, 2.45) is 0 Å². The van der Waals surface area contributed by atoms with Crippen molar-refractivity contribution in [2.45, 2.75) is 19.6 Å². The Morgan fingerprint density at radius 2 is 2.04 bits per heavy atom. The van der Waals surface area contributed by atoms with Crippen LogP contribution < -0.4 is 11.1 Å². The molecule has 3 N–H and O–H groups in total. The van der Waals surface area contributed by atoms with Crippen molar-refractivity contribution in [3.8, 4) is 11.5 Å². The van der Waals surface area contributed by atoms with Crippen LogP contribution in [0, 0.1) is 11.5 Å². The molecule has 0 radical (unpaired) electrons. The molecule has 0 unspecified atom stereocenters. The van der Waals surface area contributed by atoms with Gasteiger partial charge in [-0.25, -0.2) is 15.0 Å². The fraction of sp³-hybridized carbons (Fsp3) is 0.200. The summed E-state index contributed by atoms with van der Waals surface area (Å²) in [6.45, 7) is 6.44. The van der Waals surface area contributed by atoms with Crippen molar-refractivity contribution in [3.63, 3.8) is 0 Å². The Labute approximate surface area is 140 Å². The number of aromatic nitrogens is 3. The molecule has 2 aromatic heterocycles. The number of nitrogens with one attached hydrogen (secondary N) is 1. The maximum absolute atomic E-state index is 12.2. The van der Waals surface area contributed by atoms with E-state index in [1.165, 1.54) is 6.20 Å². The van der Waals surface area contributed by atoms with Crippen LogP contribution in [0.25, 0.3) is 0 Å². The number of hydrogen-bond donors (Lipinski definition) is 2. The molecule has 23 heavy (non-hydrogen) atoms.